The van der Waals surface area contributed by atoms with Crippen LogP contribution in [0.15, 0.2) is 71.1 Å². The Bertz CT molecular complexity index is 576. The molecule has 0 N–H and O–H groups in total. The molecule has 0 amide bonds. The fourth-order valence-corrected chi connectivity index (χ4v) is 5.48. The van der Waals surface area contributed by atoms with Gasteiger partial charge in [-0.1, -0.05) is 96.3 Å². The first-order chi connectivity index (χ1) is 9.18. The lowest BCUT2D eigenvalue weighted by atomic mass is 10.2. The zero-order chi connectivity index (χ0) is 13.3. The van der Waals surface area contributed by atoms with Crippen molar-refractivity contribution >= 4 is 20.2 Å². The number of rotatable bonds is 2. The third-order valence-corrected chi connectivity index (χ3v) is 7.07. The van der Waals surface area contributed by atoms with Crippen molar-refractivity contribution in [3.63, 3.8) is 0 Å². The minimum Gasteiger partial charge on any atom is -0.0622 e. The summed E-state index contributed by atoms with van der Waals surface area (Å²) in [4.78, 5) is 0. The Kier molecular flexibility index (Phi) is 3.00. The summed E-state index contributed by atoms with van der Waals surface area (Å²) in [6.45, 7) is 4.85. The van der Waals surface area contributed by atoms with Crippen LogP contribution in [-0.4, -0.2) is 8.07 Å². The first-order valence-corrected chi connectivity index (χ1v) is 9.73. The van der Waals surface area contributed by atoms with Crippen LogP contribution >= 0.6 is 0 Å². The van der Waals surface area contributed by atoms with Gasteiger partial charge in [-0.05, 0) is 11.1 Å². The Morgan fingerprint density at radius 1 is 0.632 bits per heavy atom. The van der Waals surface area contributed by atoms with Gasteiger partial charge in [-0.3, -0.25) is 0 Å². The van der Waals surface area contributed by atoms with E-state index in [4.69, 9.17) is 0 Å². The van der Waals surface area contributed by atoms with Gasteiger partial charge in [0.1, 0.15) is 8.07 Å². The van der Waals surface area contributed by atoms with Crippen LogP contribution in [0.1, 0.15) is 11.1 Å². The number of hydrogen-bond acceptors (Lipinski definition) is 0. The fraction of sp³-hybridized carbons (Fsp3) is 0.111. The van der Waals surface area contributed by atoms with Crippen molar-refractivity contribution in [2.45, 2.75) is 13.1 Å². The first kappa shape index (κ1) is 12.2. The summed E-state index contributed by atoms with van der Waals surface area (Å²) in [6, 6.07) is 21.2. The van der Waals surface area contributed by atoms with Gasteiger partial charge in [-0.15, -0.1) is 0 Å². The van der Waals surface area contributed by atoms with E-state index in [0.29, 0.717) is 0 Å². The van der Waals surface area contributed by atoms with Crippen LogP contribution < -0.4 is 0 Å². The van der Waals surface area contributed by atoms with Gasteiger partial charge in [0.25, 0.3) is 0 Å². The minimum absolute atomic E-state index is 1.26. The van der Waals surface area contributed by atoms with Crippen molar-refractivity contribution in [3.05, 3.63) is 82.2 Å². The molecule has 0 aromatic heterocycles. The summed E-state index contributed by atoms with van der Waals surface area (Å²) in [5.74, 6) is 0. The van der Waals surface area contributed by atoms with E-state index < -0.39 is 8.07 Å². The highest BCUT2D eigenvalue weighted by molar-refractivity contribution is 7.07. The third kappa shape index (κ3) is 2.47. The minimum atomic E-state index is -1.26. The molecule has 19 heavy (non-hydrogen) atoms. The molecule has 0 saturated carbocycles. The standard InChI is InChI=1S/C18H18Si/c1-19(2)17(13-15-9-5-3-6-10-15)18(19)14-16-11-7-4-8-12-16/h3-14H,1-2H3. The monoisotopic (exact) mass is 262 g/mol. The summed E-state index contributed by atoms with van der Waals surface area (Å²) in [5, 5.41) is 3.17. The molecule has 94 valence electrons. The first-order valence-electron chi connectivity index (χ1n) is 6.73. The second-order valence-electron chi connectivity index (χ2n) is 5.56. The van der Waals surface area contributed by atoms with E-state index in [1.807, 2.05) is 0 Å². The second kappa shape index (κ2) is 4.67. The molecule has 1 fully saturated rings. The maximum Gasteiger partial charge on any atom is 0.112 e. The summed E-state index contributed by atoms with van der Waals surface area (Å²) >= 11 is 0. The van der Waals surface area contributed by atoms with Crippen molar-refractivity contribution in [1.82, 2.24) is 0 Å². The van der Waals surface area contributed by atoms with Crippen LogP contribution in [-0.2, 0) is 0 Å². The molecule has 1 aliphatic heterocycles. The summed E-state index contributed by atoms with van der Waals surface area (Å²) in [6.07, 6.45) is 4.72. The molecule has 0 spiro atoms. The Hall–Kier alpha value is -1.86. The van der Waals surface area contributed by atoms with Gasteiger partial charge in [0.05, 0.1) is 0 Å². The Morgan fingerprint density at radius 3 is 1.37 bits per heavy atom. The van der Waals surface area contributed by atoms with Crippen molar-refractivity contribution in [3.8, 4) is 0 Å². The average molecular weight is 262 g/mol. The van der Waals surface area contributed by atoms with Crippen LogP contribution in [0.2, 0.25) is 13.1 Å². The summed E-state index contributed by atoms with van der Waals surface area (Å²) in [7, 11) is -1.26. The Morgan fingerprint density at radius 2 is 1.00 bits per heavy atom. The lowest BCUT2D eigenvalue weighted by Crippen LogP contribution is -1.99. The topological polar surface area (TPSA) is 0 Å². The molecule has 1 saturated heterocycles. The molecule has 3 rings (SSSR count). The molecule has 2 aromatic carbocycles. The predicted octanol–water partition coefficient (Wildman–Crippen LogP) is 4.95. The van der Waals surface area contributed by atoms with E-state index in [-0.39, 0.29) is 0 Å². The van der Waals surface area contributed by atoms with E-state index >= 15 is 0 Å². The normalized spacial score (nSPS) is 20.7. The molecule has 0 radical (unpaired) electrons. The van der Waals surface area contributed by atoms with Gasteiger partial charge in [0.15, 0.2) is 0 Å². The van der Waals surface area contributed by atoms with Gasteiger partial charge < -0.3 is 0 Å². The fourth-order valence-electron chi connectivity index (χ4n) is 2.48. The molecule has 0 unspecified atom stereocenters. The maximum atomic E-state index is 2.43. The van der Waals surface area contributed by atoms with E-state index in [2.05, 4.69) is 85.9 Å². The quantitative estimate of drug-likeness (QED) is 0.671. The predicted molar refractivity (Wildman–Crippen MR) is 86.3 cm³/mol. The molecule has 0 nitrogen and oxygen atoms in total. The van der Waals surface area contributed by atoms with Crippen molar-refractivity contribution in [2.75, 3.05) is 0 Å². The highest BCUT2D eigenvalue weighted by Crippen LogP contribution is 2.48. The van der Waals surface area contributed by atoms with Crippen LogP contribution in [0.3, 0.4) is 0 Å². The Labute approximate surface area is 116 Å². The molecule has 0 aliphatic carbocycles. The summed E-state index contributed by atoms with van der Waals surface area (Å²) in [5.41, 5.74) is 2.63. The lowest BCUT2D eigenvalue weighted by Gasteiger charge is -1.91. The molecular formula is C18H18Si. The zero-order valence-corrected chi connectivity index (χ0v) is 12.4. The van der Waals surface area contributed by atoms with Crippen molar-refractivity contribution in [2.24, 2.45) is 0 Å². The summed E-state index contributed by atoms with van der Waals surface area (Å²) < 4.78 is 0. The van der Waals surface area contributed by atoms with Gasteiger partial charge >= 0.3 is 0 Å². The molecular weight excluding hydrogens is 244 g/mol. The highest BCUT2D eigenvalue weighted by Gasteiger charge is 2.47. The van der Waals surface area contributed by atoms with Crippen molar-refractivity contribution < 1.29 is 0 Å². The van der Waals surface area contributed by atoms with Crippen molar-refractivity contribution in [1.29, 1.82) is 0 Å². The number of benzene rings is 2. The van der Waals surface area contributed by atoms with Gasteiger partial charge in [0, 0.05) is 0 Å². The van der Waals surface area contributed by atoms with Gasteiger partial charge in [0.2, 0.25) is 0 Å². The van der Waals surface area contributed by atoms with E-state index in [1.54, 1.807) is 10.4 Å². The molecule has 0 atom stereocenters. The van der Waals surface area contributed by atoms with Crippen LogP contribution in [0.5, 0.6) is 0 Å². The molecule has 1 heteroatoms. The van der Waals surface area contributed by atoms with Crippen LogP contribution in [0.25, 0.3) is 12.2 Å². The van der Waals surface area contributed by atoms with Crippen LogP contribution in [0, 0.1) is 0 Å². The molecule has 1 aliphatic rings. The van der Waals surface area contributed by atoms with E-state index in [0.717, 1.165) is 0 Å². The SMILES string of the molecule is C[Si]1(C)C(=Cc2ccccc2)C1=Cc1ccccc1. The smallest absolute Gasteiger partial charge is 0.0622 e. The number of allylic oxidation sites excluding steroid dienone is 2. The molecule has 2 aromatic rings. The average Bonchev–Trinajstić information content (AvgIpc) is 2.93. The Balaban J connectivity index is 1.93. The highest BCUT2D eigenvalue weighted by atomic mass is 28.3. The molecule has 1 heterocycles. The second-order valence-corrected chi connectivity index (χ2v) is 9.89. The van der Waals surface area contributed by atoms with E-state index in [1.165, 1.54) is 11.1 Å². The van der Waals surface area contributed by atoms with Crippen LogP contribution in [0.4, 0.5) is 0 Å². The van der Waals surface area contributed by atoms with Gasteiger partial charge in [-0.2, -0.15) is 0 Å². The number of hydrogen-bond donors (Lipinski definition) is 0. The van der Waals surface area contributed by atoms with Gasteiger partial charge in [-0.25, -0.2) is 0 Å². The van der Waals surface area contributed by atoms with E-state index in [9.17, 15) is 0 Å². The zero-order valence-electron chi connectivity index (χ0n) is 11.4. The largest absolute Gasteiger partial charge is 0.112 e. The maximum absolute atomic E-state index is 2.43. The molecule has 0 bridgehead atoms. The lowest BCUT2D eigenvalue weighted by molar-refractivity contribution is 1.65. The third-order valence-electron chi connectivity index (χ3n) is 3.80.